The number of hydrogen-bond donors (Lipinski definition) is 2. The number of fused-ring (bicyclic) bond motifs is 3. The van der Waals surface area contributed by atoms with Crippen molar-refractivity contribution in [1.82, 2.24) is 9.88 Å². The van der Waals surface area contributed by atoms with Crippen molar-refractivity contribution < 1.29 is 19.4 Å². The predicted molar refractivity (Wildman–Crippen MR) is 127 cm³/mol. The van der Waals surface area contributed by atoms with Crippen molar-refractivity contribution in [3.63, 3.8) is 0 Å². The molecule has 0 saturated carbocycles. The number of rotatable bonds is 2. The first-order chi connectivity index (χ1) is 16.4. The molecule has 2 aliphatic carbocycles. The molecule has 3 heterocycles. The molecule has 1 aromatic heterocycles. The second kappa shape index (κ2) is 6.49. The van der Waals surface area contributed by atoms with Gasteiger partial charge in [0.2, 0.25) is 5.91 Å². The number of ether oxygens (including phenoxy) is 2. The summed E-state index contributed by atoms with van der Waals surface area (Å²) in [5, 5.41) is 16.7. The summed E-state index contributed by atoms with van der Waals surface area (Å²) in [5.41, 5.74) is 3.83. The monoisotopic (exact) mass is 457 g/mol. The lowest BCUT2D eigenvalue weighted by Crippen LogP contribution is -2.74. The molecule has 3 aromatic rings. The fourth-order valence-corrected chi connectivity index (χ4v) is 7.33. The van der Waals surface area contributed by atoms with Gasteiger partial charge in [-0.15, -0.1) is 0 Å². The number of amides is 1. The van der Waals surface area contributed by atoms with Gasteiger partial charge in [-0.25, -0.2) is 4.98 Å². The summed E-state index contributed by atoms with van der Waals surface area (Å²) in [6.07, 6.45) is 1.45. The maximum atomic E-state index is 12.7. The fourth-order valence-electron chi connectivity index (χ4n) is 7.33. The number of carbonyl (C=O) groups is 1. The zero-order valence-electron chi connectivity index (χ0n) is 19.5. The van der Waals surface area contributed by atoms with Gasteiger partial charge in [-0.05, 0) is 44.1 Å². The van der Waals surface area contributed by atoms with E-state index >= 15 is 0 Å². The van der Waals surface area contributed by atoms with Gasteiger partial charge in [0.05, 0.1) is 35.0 Å². The van der Waals surface area contributed by atoms with E-state index in [1.165, 1.54) is 12.5 Å². The minimum atomic E-state index is -1.07. The quantitative estimate of drug-likeness (QED) is 0.615. The maximum Gasteiger partial charge on any atom is 0.221 e. The van der Waals surface area contributed by atoms with Crippen LogP contribution < -0.4 is 14.8 Å². The van der Waals surface area contributed by atoms with Gasteiger partial charge in [0.15, 0.2) is 17.6 Å². The molecule has 1 saturated heterocycles. The molecular formula is C27H27N3O4. The van der Waals surface area contributed by atoms with Crippen LogP contribution in [0.4, 0.5) is 5.69 Å². The number of aromatic nitrogens is 1. The lowest BCUT2D eigenvalue weighted by Gasteiger charge is -2.62. The van der Waals surface area contributed by atoms with E-state index in [1.807, 2.05) is 30.3 Å². The van der Waals surface area contributed by atoms with Crippen LogP contribution in [0.3, 0.4) is 0 Å². The first-order valence-electron chi connectivity index (χ1n) is 11.9. The number of likely N-dealkylation sites (tertiary alicyclic amines) is 1. The van der Waals surface area contributed by atoms with Crippen molar-refractivity contribution in [2.45, 2.75) is 49.3 Å². The van der Waals surface area contributed by atoms with Crippen LogP contribution in [0, 0.1) is 0 Å². The smallest absolute Gasteiger partial charge is 0.221 e. The zero-order chi connectivity index (χ0) is 23.4. The summed E-state index contributed by atoms with van der Waals surface area (Å²) in [6.45, 7) is 2.38. The average Bonchev–Trinajstić information content (AvgIpc) is 3.17. The van der Waals surface area contributed by atoms with Crippen molar-refractivity contribution in [2.24, 2.45) is 0 Å². The van der Waals surface area contributed by atoms with E-state index in [-0.39, 0.29) is 11.9 Å². The molecule has 2 aromatic carbocycles. The van der Waals surface area contributed by atoms with Crippen LogP contribution in [-0.2, 0) is 23.1 Å². The van der Waals surface area contributed by atoms with Crippen molar-refractivity contribution in [3.8, 4) is 11.5 Å². The summed E-state index contributed by atoms with van der Waals surface area (Å²) < 4.78 is 12.5. The van der Waals surface area contributed by atoms with Crippen LogP contribution in [0.2, 0.25) is 0 Å². The Balaban J connectivity index is 1.59. The number of carbonyl (C=O) groups excluding carboxylic acids is 1. The van der Waals surface area contributed by atoms with E-state index in [4.69, 9.17) is 14.5 Å². The summed E-state index contributed by atoms with van der Waals surface area (Å²) in [5.74, 6) is 1.27. The summed E-state index contributed by atoms with van der Waals surface area (Å²) in [7, 11) is 3.75. The maximum absolute atomic E-state index is 12.7. The van der Waals surface area contributed by atoms with E-state index in [9.17, 15) is 9.90 Å². The second-order valence-electron chi connectivity index (χ2n) is 10.2. The Hall–Kier alpha value is -3.16. The molecule has 0 radical (unpaired) electrons. The molecule has 2 bridgehead atoms. The van der Waals surface area contributed by atoms with Gasteiger partial charge in [-0.1, -0.05) is 24.3 Å². The number of nitrogens with zero attached hydrogens (tertiary/aromatic N) is 2. The van der Waals surface area contributed by atoms with Gasteiger partial charge in [0.25, 0.3) is 0 Å². The molecule has 1 spiro atoms. The molecule has 34 heavy (non-hydrogen) atoms. The van der Waals surface area contributed by atoms with E-state index in [0.29, 0.717) is 12.2 Å². The lowest BCUT2D eigenvalue weighted by atomic mass is 9.49. The minimum Gasteiger partial charge on any atom is -0.493 e. The third-order valence-corrected chi connectivity index (χ3v) is 8.71. The molecule has 3 unspecified atom stereocenters. The Labute approximate surface area is 197 Å². The molecule has 7 heteroatoms. The van der Waals surface area contributed by atoms with Crippen LogP contribution in [0.5, 0.6) is 11.5 Å². The summed E-state index contributed by atoms with van der Waals surface area (Å²) in [6, 6.07) is 11.9. The van der Waals surface area contributed by atoms with Crippen LogP contribution in [0.1, 0.15) is 41.8 Å². The topological polar surface area (TPSA) is 83.9 Å². The molecule has 1 amide bonds. The van der Waals surface area contributed by atoms with Gasteiger partial charge in [0, 0.05) is 35.9 Å². The largest absolute Gasteiger partial charge is 0.493 e. The van der Waals surface area contributed by atoms with E-state index in [2.05, 4.69) is 23.3 Å². The SMILES string of the molecule is COc1ccc2c3c1OC1c4nc5ccccc5c(NC(C)=O)c4CC4(O)C(C2)N(C)CC[C@]314. The zero-order valence-corrected chi connectivity index (χ0v) is 19.5. The Morgan fingerprint density at radius 3 is 2.91 bits per heavy atom. The molecule has 174 valence electrons. The van der Waals surface area contributed by atoms with Gasteiger partial charge in [-0.3, -0.25) is 4.79 Å². The number of anilines is 1. The number of nitrogens with one attached hydrogen (secondary N) is 1. The van der Waals surface area contributed by atoms with Gasteiger partial charge in [0.1, 0.15) is 0 Å². The Bertz CT molecular complexity index is 1400. The van der Waals surface area contributed by atoms with Crippen LogP contribution >= 0.6 is 0 Å². The number of piperidine rings is 1. The first-order valence-corrected chi connectivity index (χ1v) is 11.9. The van der Waals surface area contributed by atoms with E-state index in [1.54, 1.807) is 7.11 Å². The van der Waals surface area contributed by atoms with E-state index in [0.717, 1.165) is 58.5 Å². The van der Waals surface area contributed by atoms with Crippen LogP contribution in [0.15, 0.2) is 36.4 Å². The molecule has 4 aliphatic rings. The fraction of sp³-hybridized carbons (Fsp3) is 0.407. The predicted octanol–water partition coefficient (Wildman–Crippen LogP) is 3.12. The van der Waals surface area contributed by atoms with Gasteiger partial charge >= 0.3 is 0 Å². The number of likely N-dealkylation sites (N-methyl/N-ethyl adjacent to an activating group) is 1. The summed E-state index contributed by atoms with van der Waals surface area (Å²) in [4.78, 5) is 19.7. The van der Waals surface area contributed by atoms with Crippen molar-refractivity contribution >= 4 is 22.5 Å². The highest BCUT2D eigenvalue weighted by atomic mass is 16.5. The second-order valence-corrected chi connectivity index (χ2v) is 10.2. The van der Waals surface area contributed by atoms with Crippen molar-refractivity contribution in [1.29, 1.82) is 0 Å². The Kier molecular flexibility index (Phi) is 3.86. The third-order valence-electron chi connectivity index (χ3n) is 8.71. The first kappa shape index (κ1) is 20.2. The molecular weight excluding hydrogens is 430 g/mol. The molecule has 4 atom stereocenters. The number of para-hydroxylation sites is 1. The number of benzene rings is 2. The molecule has 7 nitrogen and oxygen atoms in total. The lowest BCUT2D eigenvalue weighted by molar-refractivity contribution is -0.167. The normalized spacial score (nSPS) is 30.4. The Morgan fingerprint density at radius 1 is 1.29 bits per heavy atom. The average molecular weight is 458 g/mol. The van der Waals surface area contributed by atoms with Crippen molar-refractivity contribution in [2.75, 3.05) is 26.0 Å². The van der Waals surface area contributed by atoms with Crippen LogP contribution in [0.25, 0.3) is 10.9 Å². The third kappa shape index (κ3) is 2.20. The number of hydrogen-bond acceptors (Lipinski definition) is 6. The van der Waals surface area contributed by atoms with Gasteiger partial charge < -0.3 is 24.8 Å². The standard InChI is InChI=1S/C27H27N3O4/c1-14(31)28-22-16-6-4-5-7-18(16)29-23-17(22)13-27(32)20-12-15-8-9-19(33-3)24-21(15)26(27,25(23)34-24)10-11-30(20)2/h4-9,20,25,32H,10-13H2,1-3H3,(H,28,29,31)/t20?,25?,26-,27?/m0/s1. The number of aliphatic hydroxyl groups is 1. The molecule has 2 aliphatic heterocycles. The highest BCUT2D eigenvalue weighted by molar-refractivity contribution is 6.02. The number of pyridine rings is 1. The number of methoxy groups -OCH3 is 1. The Morgan fingerprint density at radius 2 is 2.12 bits per heavy atom. The summed E-state index contributed by atoms with van der Waals surface area (Å²) >= 11 is 0. The van der Waals surface area contributed by atoms with Gasteiger partial charge in [-0.2, -0.15) is 0 Å². The highest BCUT2D eigenvalue weighted by Gasteiger charge is 2.72. The molecule has 1 fully saturated rings. The molecule has 7 rings (SSSR count). The van der Waals surface area contributed by atoms with Crippen molar-refractivity contribution in [3.05, 3.63) is 58.8 Å². The minimum absolute atomic E-state index is 0.0657. The van der Waals surface area contributed by atoms with Crippen LogP contribution in [-0.4, -0.2) is 53.2 Å². The van der Waals surface area contributed by atoms with E-state index < -0.39 is 17.1 Å². The highest BCUT2D eigenvalue weighted by Crippen LogP contribution is 2.69. The molecule has 2 N–H and O–H groups in total.